The van der Waals surface area contributed by atoms with Crippen molar-refractivity contribution in [2.45, 2.75) is 44.9 Å². The molecule has 0 amide bonds. The third-order valence-electron chi connectivity index (χ3n) is 5.23. The van der Waals surface area contributed by atoms with Crippen LogP contribution in [0.4, 0.5) is 13.2 Å². The molecule has 7 heteroatoms. The van der Waals surface area contributed by atoms with Crippen LogP contribution in [-0.4, -0.2) is 14.6 Å². The molecule has 0 unspecified atom stereocenters. The summed E-state index contributed by atoms with van der Waals surface area (Å²) in [5.74, 6) is -2.87. The van der Waals surface area contributed by atoms with E-state index in [1.54, 1.807) is 6.92 Å². The van der Waals surface area contributed by atoms with E-state index in [-0.39, 0.29) is 11.5 Å². The molecule has 27 heavy (non-hydrogen) atoms. The van der Waals surface area contributed by atoms with Gasteiger partial charge in [-0.15, -0.1) is 0 Å². The van der Waals surface area contributed by atoms with E-state index in [0.29, 0.717) is 40.3 Å². The number of aryl methyl sites for hydroxylation is 1. The normalized spacial score (nSPS) is 15.2. The van der Waals surface area contributed by atoms with Crippen LogP contribution in [0.1, 0.15) is 55.0 Å². The van der Waals surface area contributed by atoms with Gasteiger partial charge >= 0.3 is 0 Å². The van der Waals surface area contributed by atoms with E-state index in [4.69, 9.17) is 0 Å². The van der Waals surface area contributed by atoms with E-state index in [1.807, 2.05) is 0 Å². The van der Waals surface area contributed by atoms with Crippen molar-refractivity contribution in [3.8, 4) is 17.2 Å². The molecular formula is C20H17F3N4. The second-order valence-corrected chi connectivity index (χ2v) is 6.94. The zero-order valence-electron chi connectivity index (χ0n) is 14.8. The maximum Gasteiger partial charge on any atom is 0.173 e. The Kier molecular flexibility index (Phi) is 4.34. The first-order valence-electron chi connectivity index (χ1n) is 8.94. The minimum atomic E-state index is -0.971. The summed E-state index contributed by atoms with van der Waals surface area (Å²) in [6, 6.07) is 3.41. The highest BCUT2D eigenvalue weighted by molar-refractivity contribution is 5.73. The Morgan fingerprint density at radius 3 is 2.37 bits per heavy atom. The summed E-state index contributed by atoms with van der Waals surface area (Å²) < 4.78 is 44.2. The van der Waals surface area contributed by atoms with Crippen molar-refractivity contribution < 1.29 is 13.2 Å². The minimum Gasteiger partial charge on any atom is -0.232 e. The van der Waals surface area contributed by atoms with Crippen LogP contribution in [0, 0.1) is 35.7 Å². The van der Waals surface area contributed by atoms with Crippen LogP contribution in [0.15, 0.2) is 18.3 Å². The first-order valence-corrected chi connectivity index (χ1v) is 8.94. The Labute approximate surface area is 154 Å². The van der Waals surface area contributed by atoms with Gasteiger partial charge in [-0.05, 0) is 19.8 Å². The summed E-state index contributed by atoms with van der Waals surface area (Å²) in [4.78, 5) is 4.39. The summed E-state index contributed by atoms with van der Waals surface area (Å²) in [5.41, 5.74) is 1.73. The number of hydrogen-bond acceptors (Lipinski definition) is 3. The Bertz CT molecular complexity index is 1050. The lowest BCUT2D eigenvalue weighted by Crippen LogP contribution is -2.15. The average molecular weight is 370 g/mol. The lowest BCUT2D eigenvalue weighted by atomic mass is 9.83. The van der Waals surface area contributed by atoms with Gasteiger partial charge in [0.25, 0.3) is 0 Å². The quantitative estimate of drug-likeness (QED) is 0.635. The standard InChI is InChI=1S/C20H17F3N4/c1-11-17(18-15(22)7-14(21)8-16(18)23)19(12-5-3-2-4-6-12)27-20(26-11)13(9-24)10-25-27/h7-8,10,12H,2-6H2,1H3. The zero-order chi connectivity index (χ0) is 19.1. The molecule has 0 aliphatic heterocycles. The summed E-state index contributed by atoms with van der Waals surface area (Å²) >= 11 is 0. The number of aromatic nitrogens is 3. The highest BCUT2D eigenvalue weighted by Crippen LogP contribution is 2.41. The highest BCUT2D eigenvalue weighted by Gasteiger charge is 2.29. The van der Waals surface area contributed by atoms with Gasteiger partial charge in [0.15, 0.2) is 5.65 Å². The third kappa shape index (κ3) is 2.85. The molecule has 3 aromatic rings. The maximum absolute atomic E-state index is 14.6. The SMILES string of the molecule is Cc1nc2c(C#N)cnn2c(C2CCCCC2)c1-c1c(F)cc(F)cc1F. The maximum atomic E-state index is 14.6. The van der Waals surface area contributed by atoms with Crippen LogP contribution in [0.5, 0.6) is 0 Å². The molecule has 4 nitrogen and oxygen atoms in total. The molecule has 0 saturated heterocycles. The molecule has 1 fully saturated rings. The molecule has 2 heterocycles. The molecule has 0 bridgehead atoms. The van der Waals surface area contributed by atoms with Crippen molar-refractivity contribution in [3.05, 3.63) is 52.7 Å². The van der Waals surface area contributed by atoms with Crippen LogP contribution >= 0.6 is 0 Å². The topological polar surface area (TPSA) is 54.0 Å². The Hall–Kier alpha value is -2.88. The van der Waals surface area contributed by atoms with Crippen molar-refractivity contribution in [3.63, 3.8) is 0 Å². The minimum absolute atomic E-state index is 0.0354. The van der Waals surface area contributed by atoms with Gasteiger partial charge in [0.05, 0.1) is 17.5 Å². The molecule has 0 radical (unpaired) electrons. The van der Waals surface area contributed by atoms with E-state index in [1.165, 1.54) is 10.7 Å². The molecule has 0 N–H and O–H groups in total. The van der Waals surface area contributed by atoms with Crippen LogP contribution in [0.3, 0.4) is 0 Å². The second kappa shape index (κ2) is 6.69. The van der Waals surface area contributed by atoms with Crippen molar-refractivity contribution >= 4 is 5.65 Å². The predicted octanol–water partition coefficient (Wildman–Crippen LogP) is 5.04. The number of benzene rings is 1. The van der Waals surface area contributed by atoms with Gasteiger partial charge < -0.3 is 0 Å². The van der Waals surface area contributed by atoms with E-state index >= 15 is 0 Å². The van der Waals surface area contributed by atoms with Crippen LogP contribution in [-0.2, 0) is 0 Å². The predicted molar refractivity (Wildman–Crippen MR) is 93.6 cm³/mol. The van der Waals surface area contributed by atoms with Crippen molar-refractivity contribution in [2.24, 2.45) is 0 Å². The van der Waals surface area contributed by atoms with Crippen LogP contribution in [0.25, 0.3) is 16.8 Å². The van der Waals surface area contributed by atoms with Crippen molar-refractivity contribution in [1.82, 2.24) is 14.6 Å². The average Bonchev–Trinajstić information content (AvgIpc) is 3.04. The number of nitrogens with zero attached hydrogens (tertiary/aromatic N) is 4. The Morgan fingerprint density at radius 1 is 1.07 bits per heavy atom. The fourth-order valence-electron chi connectivity index (χ4n) is 4.05. The Balaban J connectivity index is 2.08. The first-order chi connectivity index (χ1) is 13.0. The number of halogens is 3. The monoisotopic (exact) mass is 370 g/mol. The second-order valence-electron chi connectivity index (χ2n) is 6.94. The number of nitriles is 1. The third-order valence-corrected chi connectivity index (χ3v) is 5.23. The van der Waals surface area contributed by atoms with Gasteiger partial charge in [0.2, 0.25) is 0 Å². The fraction of sp³-hybridized carbons (Fsp3) is 0.350. The van der Waals surface area contributed by atoms with Gasteiger partial charge in [0.1, 0.15) is 29.1 Å². The van der Waals surface area contributed by atoms with Crippen LogP contribution < -0.4 is 0 Å². The number of hydrogen-bond donors (Lipinski definition) is 0. The molecule has 1 saturated carbocycles. The largest absolute Gasteiger partial charge is 0.232 e. The van der Waals surface area contributed by atoms with Gasteiger partial charge in [-0.2, -0.15) is 10.4 Å². The molecule has 1 aliphatic carbocycles. The van der Waals surface area contributed by atoms with E-state index < -0.39 is 17.5 Å². The number of rotatable bonds is 2. The van der Waals surface area contributed by atoms with Gasteiger partial charge in [-0.25, -0.2) is 22.7 Å². The van der Waals surface area contributed by atoms with E-state index in [9.17, 15) is 18.4 Å². The van der Waals surface area contributed by atoms with Crippen molar-refractivity contribution in [2.75, 3.05) is 0 Å². The molecule has 138 valence electrons. The molecule has 4 rings (SSSR count). The van der Waals surface area contributed by atoms with Gasteiger partial charge in [0, 0.05) is 29.3 Å². The first kappa shape index (κ1) is 17.5. The molecule has 0 spiro atoms. The lowest BCUT2D eigenvalue weighted by Gasteiger charge is -2.26. The van der Waals surface area contributed by atoms with Gasteiger partial charge in [-0.1, -0.05) is 19.3 Å². The summed E-state index contributed by atoms with van der Waals surface area (Å²) in [7, 11) is 0. The molecule has 1 aliphatic rings. The van der Waals surface area contributed by atoms with Crippen LogP contribution in [0.2, 0.25) is 0 Å². The molecule has 0 atom stereocenters. The Morgan fingerprint density at radius 2 is 1.74 bits per heavy atom. The fourth-order valence-corrected chi connectivity index (χ4v) is 4.05. The highest BCUT2D eigenvalue weighted by atomic mass is 19.1. The van der Waals surface area contributed by atoms with Crippen molar-refractivity contribution in [1.29, 1.82) is 5.26 Å². The number of fused-ring (bicyclic) bond motifs is 1. The molecule has 1 aromatic carbocycles. The lowest BCUT2D eigenvalue weighted by molar-refractivity contribution is 0.430. The molecule has 2 aromatic heterocycles. The zero-order valence-corrected chi connectivity index (χ0v) is 14.8. The summed E-state index contributed by atoms with van der Waals surface area (Å²) in [5, 5.41) is 13.6. The smallest absolute Gasteiger partial charge is 0.173 e. The summed E-state index contributed by atoms with van der Waals surface area (Å²) in [6.07, 6.45) is 6.26. The van der Waals surface area contributed by atoms with Gasteiger partial charge in [-0.3, -0.25) is 0 Å². The van der Waals surface area contributed by atoms with E-state index in [0.717, 1.165) is 32.1 Å². The summed E-state index contributed by atoms with van der Waals surface area (Å²) in [6.45, 7) is 1.65. The van der Waals surface area contributed by atoms with E-state index in [2.05, 4.69) is 16.2 Å². The molecular weight excluding hydrogens is 353 g/mol.